The molecule has 1 unspecified atom stereocenters. The van der Waals surface area contributed by atoms with Crippen LogP contribution in [0, 0.1) is 13.8 Å². The highest BCUT2D eigenvalue weighted by atomic mass is 32.1. The quantitative estimate of drug-likeness (QED) is 0.827. The van der Waals surface area contributed by atoms with Crippen LogP contribution in [-0.4, -0.2) is 11.9 Å². The molecule has 0 aliphatic rings. The molecule has 0 spiro atoms. The van der Waals surface area contributed by atoms with E-state index in [0.717, 1.165) is 0 Å². The molecule has 0 saturated heterocycles. The van der Waals surface area contributed by atoms with Gasteiger partial charge in [0.05, 0.1) is 12.1 Å². The van der Waals surface area contributed by atoms with Crippen LogP contribution in [0.2, 0.25) is 0 Å². The summed E-state index contributed by atoms with van der Waals surface area (Å²) >= 11 is 1.75. The number of amides is 1. The average molecular weight is 226 g/mol. The molecule has 2 atom stereocenters. The lowest BCUT2D eigenvalue weighted by Crippen LogP contribution is -2.39. The molecule has 1 amide bonds. The van der Waals surface area contributed by atoms with Gasteiger partial charge in [-0.1, -0.05) is 0 Å². The van der Waals surface area contributed by atoms with Gasteiger partial charge in [0.1, 0.15) is 0 Å². The molecule has 15 heavy (non-hydrogen) atoms. The summed E-state index contributed by atoms with van der Waals surface area (Å²) in [6, 6.07) is 1.70. The van der Waals surface area contributed by atoms with Crippen LogP contribution in [-0.2, 0) is 4.79 Å². The molecule has 3 N–H and O–H groups in total. The molecule has 4 heteroatoms. The summed E-state index contributed by atoms with van der Waals surface area (Å²) in [5.41, 5.74) is 6.68. The van der Waals surface area contributed by atoms with Gasteiger partial charge in [-0.05, 0) is 39.3 Å². The number of carbonyl (C=O) groups is 1. The van der Waals surface area contributed by atoms with Crippen LogP contribution in [0.25, 0.3) is 0 Å². The maximum Gasteiger partial charge on any atom is 0.237 e. The van der Waals surface area contributed by atoms with Gasteiger partial charge in [0.2, 0.25) is 5.91 Å². The van der Waals surface area contributed by atoms with E-state index in [1.807, 2.05) is 6.92 Å². The van der Waals surface area contributed by atoms with E-state index in [-0.39, 0.29) is 11.9 Å². The summed E-state index contributed by atoms with van der Waals surface area (Å²) in [4.78, 5) is 13.9. The minimum absolute atomic E-state index is 0.0356. The summed E-state index contributed by atoms with van der Waals surface area (Å²) in [6.45, 7) is 7.81. The summed E-state index contributed by atoms with van der Waals surface area (Å²) in [5.74, 6) is -0.106. The van der Waals surface area contributed by atoms with Crippen LogP contribution < -0.4 is 11.1 Å². The molecule has 1 aromatic heterocycles. The van der Waals surface area contributed by atoms with E-state index in [2.05, 4.69) is 25.2 Å². The van der Waals surface area contributed by atoms with Gasteiger partial charge in [-0.25, -0.2) is 0 Å². The zero-order valence-electron chi connectivity index (χ0n) is 9.63. The lowest BCUT2D eigenvalue weighted by Gasteiger charge is -2.15. The molecular formula is C11H18N2OS. The zero-order valence-corrected chi connectivity index (χ0v) is 10.4. The van der Waals surface area contributed by atoms with Crippen molar-refractivity contribution in [3.8, 4) is 0 Å². The molecule has 0 aliphatic carbocycles. The van der Waals surface area contributed by atoms with E-state index < -0.39 is 6.04 Å². The minimum Gasteiger partial charge on any atom is -0.348 e. The Morgan fingerprint density at radius 3 is 2.47 bits per heavy atom. The zero-order chi connectivity index (χ0) is 11.6. The fraction of sp³-hybridized carbons (Fsp3) is 0.545. The lowest BCUT2D eigenvalue weighted by atomic mass is 10.1. The number of nitrogens with one attached hydrogen (secondary N) is 1. The number of thiophene rings is 1. The largest absolute Gasteiger partial charge is 0.348 e. The molecular weight excluding hydrogens is 208 g/mol. The van der Waals surface area contributed by atoms with Gasteiger partial charge in [0, 0.05) is 9.75 Å². The van der Waals surface area contributed by atoms with Crippen molar-refractivity contribution >= 4 is 17.2 Å². The lowest BCUT2D eigenvalue weighted by molar-refractivity contribution is -0.122. The molecule has 0 aromatic carbocycles. The highest BCUT2D eigenvalue weighted by Crippen LogP contribution is 2.25. The van der Waals surface area contributed by atoms with Crippen molar-refractivity contribution < 1.29 is 4.79 Å². The minimum atomic E-state index is -0.451. The van der Waals surface area contributed by atoms with Crippen LogP contribution in [0.15, 0.2) is 6.07 Å². The van der Waals surface area contributed by atoms with Crippen molar-refractivity contribution in [2.24, 2.45) is 5.73 Å². The molecule has 0 radical (unpaired) electrons. The topological polar surface area (TPSA) is 55.1 Å². The highest BCUT2D eigenvalue weighted by Gasteiger charge is 2.15. The van der Waals surface area contributed by atoms with Gasteiger partial charge in [-0.3, -0.25) is 4.79 Å². The third kappa shape index (κ3) is 3.04. The van der Waals surface area contributed by atoms with Crippen LogP contribution >= 0.6 is 11.3 Å². The summed E-state index contributed by atoms with van der Waals surface area (Å²) in [7, 11) is 0. The molecule has 3 nitrogen and oxygen atoms in total. The molecule has 1 aromatic rings. The fourth-order valence-corrected chi connectivity index (χ4v) is 2.53. The fourth-order valence-electron chi connectivity index (χ4n) is 1.50. The number of rotatable bonds is 3. The van der Waals surface area contributed by atoms with E-state index in [1.54, 1.807) is 18.3 Å². The predicted molar refractivity (Wildman–Crippen MR) is 64.0 cm³/mol. The van der Waals surface area contributed by atoms with Gasteiger partial charge in [-0.15, -0.1) is 11.3 Å². The Morgan fingerprint density at radius 2 is 2.07 bits per heavy atom. The molecule has 0 bridgehead atoms. The van der Waals surface area contributed by atoms with Gasteiger partial charge >= 0.3 is 0 Å². The average Bonchev–Trinajstić information content (AvgIpc) is 2.44. The first kappa shape index (κ1) is 12.2. The monoisotopic (exact) mass is 226 g/mol. The molecule has 0 saturated carbocycles. The number of nitrogens with two attached hydrogens (primary N) is 1. The first-order valence-electron chi connectivity index (χ1n) is 5.04. The van der Waals surface area contributed by atoms with Gasteiger partial charge in [-0.2, -0.15) is 0 Å². The second-order valence-electron chi connectivity index (χ2n) is 3.89. The molecule has 0 aliphatic heterocycles. The predicted octanol–water partition coefficient (Wildman–Crippen LogP) is 1.89. The Hall–Kier alpha value is -0.870. The molecule has 0 fully saturated rings. The van der Waals surface area contributed by atoms with E-state index in [1.165, 1.54) is 15.3 Å². The second kappa shape index (κ2) is 4.77. The molecule has 84 valence electrons. The Morgan fingerprint density at radius 1 is 1.47 bits per heavy atom. The van der Waals surface area contributed by atoms with E-state index in [0.29, 0.717) is 0 Å². The third-order valence-corrected chi connectivity index (χ3v) is 3.30. The maximum atomic E-state index is 11.4. The number of carbonyl (C=O) groups excluding carboxylic acids is 1. The Bertz CT molecular complexity index is 357. The van der Waals surface area contributed by atoms with Gasteiger partial charge in [0.15, 0.2) is 0 Å². The Labute approximate surface area is 94.7 Å². The second-order valence-corrected chi connectivity index (χ2v) is 5.35. The smallest absolute Gasteiger partial charge is 0.237 e. The van der Waals surface area contributed by atoms with Crippen molar-refractivity contribution in [3.05, 3.63) is 21.4 Å². The molecule has 1 rings (SSSR count). The van der Waals surface area contributed by atoms with E-state index in [4.69, 9.17) is 5.73 Å². The van der Waals surface area contributed by atoms with E-state index in [9.17, 15) is 4.79 Å². The normalized spacial score (nSPS) is 14.7. The summed E-state index contributed by atoms with van der Waals surface area (Å²) in [6.07, 6.45) is 0. The van der Waals surface area contributed by atoms with Crippen LogP contribution in [0.4, 0.5) is 0 Å². The van der Waals surface area contributed by atoms with Crippen molar-refractivity contribution in [2.75, 3.05) is 0 Å². The van der Waals surface area contributed by atoms with Crippen LogP contribution in [0.5, 0.6) is 0 Å². The Balaban J connectivity index is 2.73. The van der Waals surface area contributed by atoms with Crippen molar-refractivity contribution in [2.45, 2.75) is 39.8 Å². The van der Waals surface area contributed by atoms with E-state index >= 15 is 0 Å². The standard InChI is InChI=1S/C11H18N2OS/c1-6-5-10(9(4)15-6)8(3)13-11(14)7(2)12/h5,7-8H,12H2,1-4H3,(H,13,14)/t7-,8?/m1/s1. The van der Waals surface area contributed by atoms with Crippen LogP contribution in [0.1, 0.15) is 35.2 Å². The number of hydrogen-bond donors (Lipinski definition) is 2. The first-order chi connectivity index (χ1) is 6.91. The number of aryl methyl sites for hydroxylation is 2. The van der Waals surface area contributed by atoms with Gasteiger partial charge < -0.3 is 11.1 Å². The van der Waals surface area contributed by atoms with Crippen LogP contribution in [0.3, 0.4) is 0 Å². The Kier molecular flexibility index (Phi) is 3.88. The number of hydrogen-bond acceptors (Lipinski definition) is 3. The maximum absolute atomic E-state index is 11.4. The van der Waals surface area contributed by atoms with Gasteiger partial charge in [0.25, 0.3) is 0 Å². The first-order valence-corrected chi connectivity index (χ1v) is 5.86. The summed E-state index contributed by atoms with van der Waals surface area (Å²) in [5, 5.41) is 2.89. The van der Waals surface area contributed by atoms with Crippen molar-refractivity contribution in [1.29, 1.82) is 0 Å². The molecule has 1 heterocycles. The SMILES string of the molecule is Cc1cc(C(C)NC(=O)[C@@H](C)N)c(C)s1. The van der Waals surface area contributed by atoms with Crippen molar-refractivity contribution in [3.63, 3.8) is 0 Å². The highest BCUT2D eigenvalue weighted by molar-refractivity contribution is 7.12. The summed E-state index contributed by atoms with van der Waals surface area (Å²) < 4.78 is 0. The third-order valence-electron chi connectivity index (χ3n) is 2.32. The van der Waals surface area contributed by atoms with Crippen molar-refractivity contribution in [1.82, 2.24) is 5.32 Å².